The fourth-order valence-electron chi connectivity index (χ4n) is 2.62. The molecule has 0 aliphatic carbocycles. The van der Waals surface area contributed by atoms with Gasteiger partial charge in [0.15, 0.2) is 0 Å². The summed E-state index contributed by atoms with van der Waals surface area (Å²) in [4.78, 5) is 29.5. The van der Waals surface area contributed by atoms with Gasteiger partial charge in [0, 0.05) is 39.8 Å². The van der Waals surface area contributed by atoms with Gasteiger partial charge in [0.25, 0.3) is 0 Å². The van der Waals surface area contributed by atoms with Crippen LogP contribution in [0.3, 0.4) is 0 Å². The predicted octanol–water partition coefficient (Wildman–Crippen LogP) is 2.73. The molecule has 2 amide bonds. The lowest BCUT2D eigenvalue weighted by atomic mass is 10.2. The zero-order valence-electron chi connectivity index (χ0n) is 14.5. The molecule has 0 spiro atoms. The van der Waals surface area contributed by atoms with E-state index in [0.29, 0.717) is 55.9 Å². The van der Waals surface area contributed by atoms with Crippen molar-refractivity contribution in [3.8, 4) is 0 Å². The summed E-state index contributed by atoms with van der Waals surface area (Å²) in [5.41, 5.74) is 0.928. The molecule has 0 aromatic heterocycles. The molecular formula is C17H23Cl2N3O3. The van der Waals surface area contributed by atoms with Crippen LogP contribution in [0.1, 0.15) is 12.5 Å². The number of carbonyl (C=O) groups is 2. The number of likely N-dealkylation sites (N-methyl/N-ethyl adjacent to an activating group) is 1. The number of carbonyl (C=O) groups excluding carboxylic acids is 2. The van der Waals surface area contributed by atoms with E-state index in [1.165, 1.54) is 0 Å². The topological polar surface area (TPSA) is 53.1 Å². The molecule has 0 atom stereocenters. The second-order valence-electron chi connectivity index (χ2n) is 5.96. The quantitative estimate of drug-likeness (QED) is 0.779. The second kappa shape index (κ2) is 9.27. The number of hydrogen-bond donors (Lipinski definition) is 0. The number of amides is 2. The molecule has 0 radical (unpaired) electrons. The molecule has 0 saturated carbocycles. The van der Waals surface area contributed by atoms with Gasteiger partial charge >= 0.3 is 6.09 Å². The number of halogens is 2. The monoisotopic (exact) mass is 387 g/mol. The molecule has 8 heteroatoms. The van der Waals surface area contributed by atoms with Crippen LogP contribution in [0.5, 0.6) is 0 Å². The molecule has 6 nitrogen and oxygen atoms in total. The highest BCUT2D eigenvalue weighted by atomic mass is 35.5. The van der Waals surface area contributed by atoms with Gasteiger partial charge in [-0.25, -0.2) is 4.79 Å². The summed E-state index contributed by atoms with van der Waals surface area (Å²) in [6, 6.07) is 5.36. The van der Waals surface area contributed by atoms with E-state index in [0.717, 1.165) is 5.56 Å². The zero-order valence-corrected chi connectivity index (χ0v) is 16.0. The molecule has 1 heterocycles. The summed E-state index contributed by atoms with van der Waals surface area (Å²) in [7, 11) is 1.76. The summed E-state index contributed by atoms with van der Waals surface area (Å²) in [6.45, 7) is 5.42. The van der Waals surface area contributed by atoms with Gasteiger partial charge < -0.3 is 14.5 Å². The summed E-state index contributed by atoms with van der Waals surface area (Å²) in [6.07, 6.45) is -0.287. The van der Waals surface area contributed by atoms with Gasteiger partial charge in [-0.15, -0.1) is 0 Å². The third kappa shape index (κ3) is 5.76. The standard InChI is InChI=1S/C17H23Cl2N3O3/c1-3-25-17(24)22-8-6-21(7-9-22)12-16(23)20(2)11-13-4-5-14(18)15(19)10-13/h4-5,10H,3,6-9,11-12H2,1-2H3. The number of hydrogen-bond acceptors (Lipinski definition) is 4. The van der Waals surface area contributed by atoms with Crippen molar-refractivity contribution < 1.29 is 14.3 Å². The maximum absolute atomic E-state index is 12.4. The van der Waals surface area contributed by atoms with Crippen LogP contribution >= 0.6 is 23.2 Å². The molecule has 0 bridgehead atoms. The van der Waals surface area contributed by atoms with Crippen molar-refractivity contribution in [2.45, 2.75) is 13.5 Å². The average Bonchev–Trinajstić information content (AvgIpc) is 2.59. The Bertz CT molecular complexity index is 619. The maximum atomic E-state index is 12.4. The van der Waals surface area contributed by atoms with Crippen molar-refractivity contribution in [2.75, 3.05) is 46.4 Å². The van der Waals surface area contributed by atoms with Gasteiger partial charge in [-0.3, -0.25) is 9.69 Å². The van der Waals surface area contributed by atoms with Gasteiger partial charge in [0.2, 0.25) is 5.91 Å². The molecule has 25 heavy (non-hydrogen) atoms. The van der Waals surface area contributed by atoms with Crippen LogP contribution in [0.25, 0.3) is 0 Å². The van der Waals surface area contributed by atoms with Gasteiger partial charge in [0.05, 0.1) is 23.2 Å². The largest absolute Gasteiger partial charge is 0.450 e. The van der Waals surface area contributed by atoms with E-state index in [9.17, 15) is 9.59 Å². The Morgan fingerprint density at radius 3 is 2.44 bits per heavy atom. The van der Waals surface area contributed by atoms with Gasteiger partial charge in [-0.2, -0.15) is 0 Å². The zero-order chi connectivity index (χ0) is 18.4. The lowest BCUT2D eigenvalue weighted by Gasteiger charge is -2.34. The molecule has 1 fully saturated rings. The number of ether oxygens (including phenoxy) is 1. The van der Waals surface area contributed by atoms with E-state index in [4.69, 9.17) is 27.9 Å². The minimum absolute atomic E-state index is 0.0238. The molecule has 0 unspecified atom stereocenters. The van der Waals surface area contributed by atoms with E-state index in [-0.39, 0.29) is 12.0 Å². The summed E-state index contributed by atoms with van der Waals surface area (Å²) in [5, 5.41) is 0.981. The first kappa shape index (κ1) is 19.8. The van der Waals surface area contributed by atoms with E-state index in [1.807, 2.05) is 11.0 Å². The minimum Gasteiger partial charge on any atom is -0.450 e. The van der Waals surface area contributed by atoms with Crippen molar-refractivity contribution in [2.24, 2.45) is 0 Å². The van der Waals surface area contributed by atoms with E-state index >= 15 is 0 Å². The Morgan fingerprint density at radius 1 is 1.16 bits per heavy atom. The molecule has 1 aliphatic rings. The van der Waals surface area contributed by atoms with Crippen LogP contribution in [0.2, 0.25) is 10.0 Å². The molecule has 1 saturated heterocycles. The Morgan fingerprint density at radius 2 is 1.84 bits per heavy atom. The first-order chi connectivity index (χ1) is 11.9. The lowest BCUT2D eigenvalue weighted by molar-refractivity contribution is -0.132. The Hall–Kier alpha value is -1.50. The van der Waals surface area contributed by atoms with Gasteiger partial charge in [-0.1, -0.05) is 29.3 Å². The molecular weight excluding hydrogens is 365 g/mol. The highest BCUT2D eigenvalue weighted by molar-refractivity contribution is 6.42. The van der Waals surface area contributed by atoms with Crippen molar-refractivity contribution >= 4 is 35.2 Å². The van der Waals surface area contributed by atoms with Crippen LogP contribution in [-0.4, -0.2) is 73.1 Å². The molecule has 1 aromatic rings. The fraction of sp³-hybridized carbons (Fsp3) is 0.529. The molecule has 1 aliphatic heterocycles. The number of benzene rings is 1. The van der Waals surface area contributed by atoms with Crippen molar-refractivity contribution in [3.63, 3.8) is 0 Å². The first-order valence-corrected chi connectivity index (χ1v) is 8.98. The van der Waals surface area contributed by atoms with Crippen LogP contribution in [0.4, 0.5) is 4.79 Å². The number of nitrogens with zero attached hydrogens (tertiary/aromatic N) is 3. The lowest BCUT2D eigenvalue weighted by Crippen LogP contribution is -2.51. The highest BCUT2D eigenvalue weighted by Gasteiger charge is 2.24. The molecule has 1 aromatic carbocycles. The van der Waals surface area contributed by atoms with Crippen LogP contribution in [0, 0.1) is 0 Å². The number of piperazine rings is 1. The average molecular weight is 388 g/mol. The van der Waals surface area contributed by atoms with Crippen molar-refractivity contribution in [1.29, 1.82) is 0 Å². The van der Waals surface area contributed by atoms with Gasteiger partial charge in [0.1, 0.15) is 0 Å². The molecule has 0 N–H and O–H groups in total. The third-order valence-electron chi connectivity index (χ3n) is 4.09. The van der Waals surface area contributed by atoms with E-state index in [2.05, 4.69) is 0 Å². The number of rotatable bonds is 5. The summed E-state index contributed by atoms with van der Waals surface area (Å²) in [5.74, 6) is 0.0238. The fourth-order valence-corrected chi connectivity index (χ4v) is 2.94. The molecule has 2 rings (SSSR count). The van der Waals surface area contributed by atoms with E-state index in [1.54, 1.807) is 35.9 Å². The third-order valence-corrected chi connectivity index (χ3v) is 4.83. The smallest absolute Gasteiger partial charge is 0.409 e. The maximum Gasteiger partial charge on any atom is 0.409 e. The predicted molar refractivity (Wildman–Crippen MR) is 98.0 cm³/mol. The Labute approximate surface area is 158 Å². The first-order valence-electron chi connectivity index (χ1n) is 8.22. The van der Waals surface area contributed by atoms with E-state index < -0.39 is 0 Å². The second-order valence-corrected chi connectivity index (χ2v) is 6.77. The minimum atomic E-state index is -0.287. The SMILES string of the molecule is CCOC(=O)N1CCN(CC(=O)N(C)Cc2ccc(Cl)c(Cl)c2)CC1. The Kier molecular flexibility index (Phi) is 7.35. The van der Waals surface area contributed by atoms with Crippen LogP contribution in [-0.2, 0) is 16.1 Å². The highest BCUT2D eigenvalue weighted by Crippen LogP contribution is 2.23. The van der Waals surface area contributed by atoms with Crippen molar-refractivity contribution in [3.05, 3.63) is 33.8 Å². The Balaban J connectivity index is 1.79. The summed E-state index contributed by atoms with van der Waals surface area (Å²) >= 11 is 11.9. The van der Waals surface area contributed by atoms with Gasteiger partial charge in [-0.05, 0) is 24.6 Å². The van der Waals surface area contributed by atoms with Crippen molar-refractivity contribution in [1.82, 2.24) is 14.7 Å². The normalized spacial score (nSPS) is 15.1. The molecule has 138 valence electrons. The van der Waals surface area contributed by atoms with Crippen LogP contribution in [0.15, 0.2) is 18.2 Å². The van der Waals surface area contributed by atoms with Crippen LogP contribution < -0.4 is 0 Å². The summed E-state index contributed by atoms with van der Waals surface area (Å²) < 4.78 is 4.99.